The average Bonchev–Trinajstić information content (AvgIpc) is 3.09. The van der Waals surface area contributed by atoms with E-state index in [1.807, 2.05) is 30.5 Å². The number of hydrogen-bond acceptors (Lipinski definition) is 3. The van der Waals surface area contributed by atoms with Crippen molar-refractivity contribution in [1.82, 2.24) is 19.9 Å². The van der Waals surface area contributed by atoms with Crippen LogP contribution in [0.5, 0.6) is 5.75 Å². The molecular weight excluding hydrogens is 259 g/mol. The molecule has 0 aliphatic carbocycles. The maximum atomic E-state index is 5.28. The largest absolute Gasteiger partial charge is 1.00 e. The number of hydrogen-bond donors (Lipinski definition) is 1. The van der Waals surface area contributed by atoms with Crippen molar-refractivity contribution in [2.24, 2.45) is 0 Å². The van der Waals surface area contributed by atoms with Crippen LogP contribution in [-0.2, 0) is 0 Å². The van der Waals surface area contributed by atoms with Crippen LogP contribution in [0.25, 0.3) is 33.2 Å². The van der Waals surface area contributed by atoms with Crippen molar-refractivity contribution in [3.05, 3.63) is 43.0 Å². The summed E-state index contributed by atoms with van der Waals surface area (Å²) >= 11 is 0. The summed E-state index contributed by atoms with van der Waals surface area (Å²) in [4.78, 5) is 16.0. The molecule has 0 saturated carbocycles. The second kappa shape index (κ2) is 5.28. The number of ether oxygens (including phenoxy) is 1. The number of rotatable bonds is 2. The molecule has 0 aliphatic heterocycles. The van der Waals surface area contributed by atoms with Crippen LogP contribution >= 0.6 is 0 Å². The average molecular weight is 270 g/mol. The third-order valence-electron chi connectivity index (χ3n) is 3.40. The van der Waals surface area contributed by atoms with Crippen LogP contribution in [0.3, 0.4) is 0 Å². The van der Waals surface area contributed by atoms with E-state index in [1.165, 1.54) is 6.33 Å². The van der Waals surface area contributed by atoms with E-state index in [0.717, 1.165) is 33.3 Å². The van der Waals surface area contributed by atoms with Crippen molar-refractivity contribution >= 4 is 21.9 Å². The van der Waals surface area contributed by atoms with Crippen molar-refractivity contribution in [1.29, 1.82) is 0 Å². The zero-order chi connectivity index (χ0) is 13.5. The standard InChI is InChI=1S/C15H11N4O.Li/c1-20-10-2-3-13-11(5-10)12(7-17-13)14-4-9-6-16-8-18-15(9)19-14;/h2-8,17H,1H3;/q-1;+1. The first kappa shape index (κ1) is 13.7. The van der Waals surface area contributed by atoms with Gasteiger partial charge in [0.05, 0.1) is 7.11 Å². The molecule has 5 nitrogen and oxygen atoms in total. The summed E-state index contributed by atoms with van der Waals surface area (Å²) < 4.78 is 5.28. The molecule has 4 rings (SSSR count). The minimum atomic E-state index is 0. The Balaban J connectivity index is 0.00000132. The normalized spacial score (nSPS) is 10.7. The molecule has 3 heterocycles. The van der Waals surface area contributed by atoms with Crippen LogP contribution < -0.4 is 28.6 Å². The quantitative estimate of drug-likeness (QED) is 0.510. The fourth-order valence-electron chi connectivity index (χ4n) is 2.40. The monoisotopic (exact) mass is 270 g/mol. The first-order valence-corrected chi connectivity index (χ1v) is 6.24. The van der Waals surface area contributed by atoms with E-state index in [-0.39, 0.29) is 18.9 Å². The number of H-pyrrole nitrogens is 1. The molecule has 1 N–H and O–H groups in total. The minimum Gasteiger partial charge on any atom is -0.497 e. The van der Waals surface area contributed by atoms with Gasteiger partial charge in [-0.15, -0.1) is 0 Å². The number of benzene rings is 1. The summed E-state index contributed by atoms with van der Waals surface area (Å²) in [5, 5.41) is 2.03. The molecule has 21 heavy (non-hydrogen) atoms. The van der Waals surface area contributed by atoms with Gasteiger partial charge in [0.25, 0.3) is 0 Å². The Morgan fingerprint density at radius 3 is 2.95 bits per heavy atom. The Bertz CT molecular complexity index is 879. The third kappa shape index (κ3) is 2.21. The van der Waals surface area contributed by atoms with Crippen molar-refractivity contribution in [2.45, 2.75) is 0 Å². The zero-order valence-corrected chi connectivity index (χ0v) is 11.8. The van der Waals surface area contributed by atoms with Gasteiger partial charge in [-0.25, -0.2) is 0 Å². The van der Waals surface area contributed by atoms with Crippen molar-refractivity contribution < 1.29 is 23.6 Å². The molecule has 0 amide bonds. The van der Waals surface area contributed by atoms with Gasteiger partial charge in [-0.1, -0.05) is 0 Å². The number of methoxy groups -OCH3 is 1. The fraction of sp³-hybridized carbons (Fsp3) is 0.0667. The summed E-state index contributed by atoms with van der Waals surface area (Å²) in [5.41, 5.74) is 3.70. The van der Waals surface area contributed by atoms with E-state index < -0.39 is 0 Å². The summed E-state index contributed by atoms with van der Waals surface area (Å²) in [5.74, 6) is 0.828. The molecule has 1 aromatic carbocycles. The Hall–Kier alpha value is -2.22. The van der Waals surface area contributed by atoms with Gasteiger partial charge in [0, 0.05) is 35.2 Å². The van der Waals surface area contributed by atoms with Gasteiger partial charge in [-0.3, -0.25) is 4.98 Å². The van der Waals surface area contributed by atoms with Crippen LogP contribution in [0.2, 0.25) is 0 Å². The molecule has 4 aromatic rings. The predicted octanol–water partition coefficient (Wildman–Crippen LogP) is -0.252. The molecule has 0 spiro atoms. The third-order valence-corrected chi connectivity index (χ3v) is 3.40. The van der Waals surface area contributed by atoms with Gasteiger partial charge in [-0.2, -0.15) is 0 Å². The van der Waals surface area contributed by atoms with Gasteiger partial charge in [-0.05, 0) is 41.0 Å². The van der Waals surface area contributed by atoms with Gasteiger partial charge in [0.1, 0.15) is 5.75 Å². The summed E-state index contributed by atoms with van der Waals surface area (Å²) in [7, 11) is 1.66. The minimum absolute atomic E-state index is 0. The van der Waals surface area contributed by atoms with Crippen molar-refractivity contribution in [3.63, 3.8) is 0 Å². The molecule has 0 saturated heterocycles. The van der Waals surface area contributed by atoms with Gasteiger partial charge in [0.2, 0.25) is 0 Å². The molecule has 0 radical (unpaired) electrons. The SMILES string of the molecule is COc1ccc2[nH]cc(-c3cc4cncnc4[n-]3)c2c1.[Li+]. The number of aromatic nitrogens is 4. The maximum absolute atomic E-state index is 5.28. The van der Waals surface area contributed by atoms with E-state index >= 15 is 0 Å². The first-order valence-electron chi connectivity index (χ1n) is 6.24. The molecule has 0 unspecified atom stereocenters. The number of fused-ring (bicyclic) bond motifs is 2. The van der Waals surface area contributed by atoms with E-state index in [1.54, 1.807) is 13.3 Å². The summed E-state index contributed by atoms with van der Waals surface area (Å²) in [6.07, 6.45) is 5.24. The smallest absolute Gasteiger partial charge is 0.497 e. The molecule has 0 atom stereocenters. The van der Waals surface area contributed by atoms with Crippen LogP contribution in [-0.4, -0.2) is 22.1 Å². The molecule has 0 fully saturated rings. The molecule has 0 aliphatic rings. The van der Waals surface area contributed by atoms with E-state index in [2.05, 4.69) is 19.9 Å². The van der Waals surface area contributed by atoms with Crippen LogP contribution in [0.15, 0.2) is 43.0 Å². The predicted molar refractivity (Wildman–Crippen MR) is 76.7 cm³/mol. The molecule has 98 valence electrons. The molecule has 6 heteroatoms. The van der Waals surface area contributed by atoms with E-state index in [4.69, 9.17) is 4.74 Å². The van der Waals surface area contributed by atoms with Crippen molar-refractivity contribution in [2.75, 3.05) is 7.11 Å². The van der Waals surface area contributed by atoms with Crippen LogP contribution in [0.4, 0.5) is 0 Å². The zero-order valence-electron chi connectivity index (χ0n) is 11.8. The van der Waals surface area contributed by atoms with E-state index in [0.29, 0.717) is 5.65 Å². The fourth-order valence-corrected chi connectivity index (χ4v) is 2.40. The Morgan fingerprint density at radius 2 is 2.14 bits per heavy atom. The van der Waals surface area contributed by atoms with Crippen LogP contribution in [0.1, 0.15) is 0 Å². The topological polar surface area (TPSA) is 64.9 Å². The number of nitrogens with zero attached hydrogens (tertiary/aromatic N) is 3. The molecular formula is C15H11LiN4O. The molecule has 0 bridgehead atoms. The summed E-state index contributed by atoms with van der Waals surface area (Å²) in [6.45, 7) is 0. The maximum Gasteiger partial charge on any atom is 1.00 e. The van der Waals surface area contributed by atoms with Crippen LogP contribution in [0, 0.1) is 0 Å². The van der Waals surface area contributed by atoms with Gasteiger partial charge >= 0.3 is 18.9 Å². The number of nitrogens with one attached hydrogen (secondary N) is 1. The van der Waals surface area contributed by atoms with Crippen molar-refractivity contribution in [3.8, 4) is 17.0 Å². The Labute approximate surface area is 132 Å². The van der Waals surface area contributed by atoms with Gasteiger partial charge < -0.3 is 19.7 Å². The van der Waals surface area contributed by atoms with Gasteiger partial charge in [0.15, 0.2) is 0 Å². The second-order valence-electron chi connectivity index (χ2n) is 4.56. The second-order valence-corrected chi connectivity index (χ2v) is 4.56. The number of aromatic amines is 1. The first-order chi connectivity index (χ1) is 9.85. The Kier molecular flexibility index (Phi) is 3.46. The Morgan fingerprint density at radius 1 is 1.24 bits per heavy atom. The summed E-state index contributed by atoms with van der Waals surface area (Å²) in [6, 6.07) is 7.94. The molecule has 3 aromatic heterocycles. The van der Waals surface area contributed by atoms with E-state index in [9.17, 15) is 0 Å².